The smallest absolute Gasteiger partial charge is 0.0832 e. The molecule has 0 aliphatic carbocycles. The number of para-hydroxylation sites is 1. The van der Waals surface area contributed by atoms with Crippen LogP contribution in [-0.4, -0.2) is 26.7 Å². The zero-order chi connectivity index (χ0) is 10.5. The standard InChI is InChI=1S/C11H13N3O/c15-8-4-5-10-9-14(13-12-10)11-6-2-1-3-7-11/h1-3,6-7,9,15H,4-5,8H2. The topological polar surface area (TPSA) is 50.9 Å². The molecule has 0 spiro atoms. The van der Waals surface area contributed by atoms with E-state index in [1.165, 1.54) is 0 Å². The Balaban J connectivity index is 2.14. The number of nitrogens with zero attached hydrogens (tertiary/aromatic N) is 3. The summed E-state index contributed by atoms with van der Waals surface area (Å²) in [6, 6.07) is 9.84. The number of benzene rings is 1. The molecule has 0 radical (unpaired) electrons. The normalized spacial score (nSPS) is 10.5. The van der Waals surface area contributed by atoms with Gasteiger partial charge in [0.25, 0.3) is 0 Å². The molecule has 0 saturated heterocycles. The van der Waals surface area contributed by atoms with E-state index in [0.29, 0.717) is 0 Å². The van der Waals surface area contributed by atoms with Crippen molar-refractivity contribution in [3.05, 3.63) is 42.2 Å². The highest BCUT2D eigenvalue weighted by atomic mass is 16.2. The number of aliphatic hydroxyl groups excluding tert-OH is 1. The molecule has 2 aromatic rings. The van der Waals surface area contributed by atoms with Crippen LogP contribution in [0.1, 0.15) is 12.1 Å². The van der Waals surface area contributed by atoms with E-state index in [-0.39, 0.29) is 6.61 Å². The largest absolute Gasteiger partial charge is 0.396 e. The molecule has 2 rings (SSSR count). The van der Waals surface area contributed by atoms with Crippen molar-refractivity contribution in [2.45, 2.75) is 12.8 Å². The first-order chi connectivity index (χ1) is 7.40. The Morgan fingerprint density at radius 3 is 2.73 bits per heavy atom. The summed E-state index contributed by atoms with van der Waals surface area (Å²) < 4.78 is 1.74. The zero-order valence-electron chi connectivity index (χ0n) is 8.37. The molecule has 4 heteroatoms. The molecular weight excluding hydrogens is 190 g/mol. The van der Waals surface area contributed by atoms with E-state index in [1.54, 1.807) is 4.68 Å². The molecule has 0 atom stereocenters. The number of aryl methyl sites for hydroxylation is 1. The van der Waals surface area contributed by atoms with E-state index < -0.39 is 0 Å². The van der Waals surface area contributed by atoms with Gasteiger partial charge in [-0.15, -0.1) is 5.10 Å². The number of aliphatic hydroxyl groups is 1. The van der Waals surface area contributed by atoms with Crippen molar-refractivity contribution >= 4 is 0 Å². The van der Waals surface area contributed by atoms with Gasteiger partial charge in [-0.2, -0.15) is 0 Å². The van der Waals surface area contributed by atoms with Crippen LogP contribution >= 0.6 is 0 Å². The van der Waals surface area contributed by atoms with Gasteiger partial charge < -0.3 is 5.11 Å². The molecule has 0 fully saturated rings. The number of hydrogen-bond acceptors (Lipinski definition) is 3. The SMILES string of the molecule is OCCCc1cn(-c2ccccc2)nn1. The highest BCUT2D eigenvalue weighted by Crippen LogP contribution is 2.06. The first-order valence-corrected chi connectivity index (χ1v) is 4.97. The fraction of sp³-hybridized carbons (Fsp3) is 0.273. The van der Waals surface area contributed by atoms with Crippen LogP contribution in [0.3, 0.4) is 0 Å². The van der Waals surface area contributed by atoms with E-state index in [4.69, 9.17) is 5.11 Å². The quantitative estimate of drug-likeness (QED) is 0.812. The minimum absolute atomic E-state index is 0.193. The Bertz CT molecular complexity index is 411. The fourth-order valence-corrected chi connectivity index (χ4v) is 1.38. The fourth-order valence-electron chi connectivity index (χ4n) is 1.38. The Morgan fingerprint density at radius 2 is 2.00 bits per heavy atom. The van der Waals surface area contributed by atoms with Gasteiger partial charge in [-0.3, -0.25) is 0 Å². The Labute approximate surface area is 88.2 Å². The van der Waals surface area contributed by atoms with Crippen molar-refractivity contribution in [2.24, 2.45) is 0 Å². The van der Waals surface area contributed by atoms with Gasteiger partial charge in [-0.1, -0.05) is 23.4 Å². The maximum Gasteiger partial charge on any atom is 0.0832 e. The van der Waals surface area contributed by atoms with Crippen LogP contribution in [0.2, 0.25) is 0 Å². The highest BCUT2D eigenvalue weighted by molar-refractivity contribution is 5.29. The van der Waals surface area contributed by atoms with Gasteiger partial charge in [0.15, 0.2) is 0 Å². The Hall–Kier alpha value is -1.68. The summed E-state index contributed by atoms with van der Waals surface area (Å²) in [6.07, 6.45) is 3.39. The minimum Gasteiger partial charge on any atom is -0.396 e. The van der Waals surface area contributed by atoms with Crippen LogP contribution in [0.15, 0.2) is 36.5 Å². The lowest BCUT2D eigenvalue weighted by molar-refractivity contribution is 0.288. The third-order valence-electron chi connectivity index (χ3n) is 2.15. The number of hydrogen-bond donors (Lipinski definition) is 1. The lowest BCUT2D eigenvalue weighted by atomic mass is 10.2. The van der Waals surface area contributed by atoms with Gasteiger partial charge in [-0.05, 0) is 25.0 Å². The summed E-state index contributed by atoms with van der Waals surface area (Å²) >= 11 is 0. The van der Waals surface area contributed by atoms with E-state index in [9.17, 15) is 0 Å². The molecule has 0 aliphatic rings. The van der Waals surface area contributed by atoms with E-state index >= 15 is 0 Å². The molecule has 0 unspecified atom stereocenters. The van der Waals surface area contributed by atoms with Crippen molar-refractivity contribution < 1.29 is 5.11 Å². The van der Waals surface area contributed by atoms with Crippen LogP contribution in [-0.2, 0) is 6.42 Å². The number of rotatable bonds is 4. The average molecular weight is 203 g/mol. The molecular formula is C11H13N3O. The average Bonchev–Trinajstić information content (AvgIpc) is 2.76. The molecule has 15 heavy (non-hydrogen) atoms. The van der Waals surface area contributed by atoms with Gasteiger partial charge in [0, 0.05) is 6.61 Å². The lowest BCUT2D eigenvalue weighted by Gasteiger charge is -1.97. The van der Waals surface area contributed by atoms with Crippen LogP contribution < -0.4 is 0 Å². The maximum absolute atomic E-state index is 8.70. The monoisotopic (exact) mass is 203 g/mol. The van der Waals surface area contributed by atoms with E-state index in [0.717, 1.165) is 24.2 Å². The molecule has 0 amide bonds. The van der Waals surface area contributed by atoms with Gasteiger partial charge in [0.05, 0.1) is 17.6 Å². The van der Waals surface area contributed by atoms with Crippen molar-refractivity contribution in [2.75, 3.05) is 6.61 Å². The van der Waals surface area contributed by atoms with Crippen LogP contribution in [0.25, 0.3) is 5.69 Å². The van der Waals surface area contributed by atoms with Gasteiger partial charge in [0.2, 0.25) is 0 Å². The molecule has 0 bridgehead atoms. The highest BCUT2D eigenvalue weighted by Gasteiger charge is 2.01. The second-order valence-corrected chi connectivity index (χ2v) is 3.32. The Morgan fingerprint density at radius 1 is 1.20 bits per heavy atom. The minimum atomic E-state index is 0.193. The molecule has 1 aromatic heterocycles. The molecule has 4 nitrogen and oxygen atoms in total. The molecule has 1 N–H and O–H groups in total. The molecule has 78 valence electrons. The van der Waals surface area contributed by atoms with Crippen molar-refractivity contribution in [3.63, 3.8) is 0 Å². The summed E-state index contributed by atoms with van der Waals surface area (Å²) in [5, 5.41) is 16.8. The summed E-state index contributed by atoms with van der Waals surface area (Å²) in [4.78, 5) is 0. The maximum atomic E-state index is 8.70. The summed E-state index contributed by atoms with van der Waals surface area (Å²) in [7, 11) is 0. The second kappa shape index (κ2) is 4.70. The predicted octanol–water partition coefficient (Wildman–Crippen LogP) is 1.19. The summed E-state index contributed by atoms with van der Waals surface area (Å²) in [5.41, 5.74) is 1.91. The number of aromatic nitrogens is 3. The molecule has 1 heterocycles. The van der Waals surface area contributed by atoms with E-state index in [2.05, 4.69) is 10.3 Å². The van der Waals surface area contributed by atoms with Crippen LogP contribution in [0, 0.1) is 0 Å². The van der Waals surface area contributed by atoms with Gasteiger partial charge in [0.1, 0.15) is 0 Å². The third kappa shape index (κ3) is 2.41. The lowest BCUT2D eigenvalue weighted by Crippen LogP contribution is -1.93. The zero-order valence-corrected chi connectivity index (χ0v) is 8.37. The second-order valence-electron chi connectivity index (χ2n) is 3.32. The molecule has 1 aromatic carbocycles. The Kier molecular flexibility index (Phi) is 3.09. The van der Waals surface area contributed by atoms with Crippen LogP contribution in [0.5, 0.6) is 0 Å². The summed E-state index contributed by atoms with van der Waals surface area (Å²) in [6.45, 7) is 0.193. The summed E-state index contributed by atoms with van der Waals surface area (Å²) in [5.74, 6) is 0. The molecule has 0 saturated carbocycles. The third-order valence-corrected chi connectivity index (χ3v) is 2.15. The van der Waals surface area contributed by atoms with E-state index in [1.807, 2.05) is 36.5 Å². The predicted molar refractivity (Wildman–Crippen MR) is 56.8 cm³/mol. The van der Waals surface area contributed by atoms with Gasteiger partial charge >= 0.3 is 0 Å². The van der Waals surface area contributed by atoms with Crippen molar-refractivity contribution in [1.82, 2.24) is 15.0 Å². The van der Waals surface area contributed by atoms with Crippen molar-refractivity contribution in [1.29, 1.82) is 0 Å². The molecule has 0 aliphatic heterocycles. The van der Waals surface area contributed by atoms with Crippen LogP contribution in [0.4, 0.5) is 0 Å². The first-order valence-electron chi connectivity index (χ1n) is 4.97. The van der Waals surface area contributed by atoms with Gasteiger partial charge in [-0.25, -0.2) is 4.68 Å². The van der Waals surface area contributed by atoms with Crippen molar-refractivity contribution in [3.8, 4) is 5.69 Å². The first kappa shape index (κ1) is 9.86.